The molecule has 3 atom stereocenters. The Hall–Kier alpha value is -1.38. The normalized spacial score (nSPS) is 29.7. The molecule has 2 heteroatoms. The van der Waals surface area contributed by atoms with Crippen LogP contribution < -0.4 is 5.32 Å². The van der Waals surface area contributed by atoms with Crippen molar-refractivity contribution in [1.82, 2.24) is 10.2 Å². The second-order valence-electron chi connectivity index (χ2n) is 7.02. The van der Waals surface area contributed by atoms with Crippen LogP contribution in [-0.2, 0) is 6.54 Å². The summed E-state index contributed by atoms with van der Waals surface area (Å²) in [5, 5.41) is 3.42. The molecule has 2 heterocycles. The highest BCUT2D eigenvalue weighted by Gasteiger charge is 2.31. The average Bonchev–Trinajstić information content (AvgIpc) is 3.19. The number of nitrogens with one attached hydrogen (secondary N) is 1. The van der Waals surface area contributed by atoms with Crippen molar-refractivity contribution in [2.75, 3.05) is 26.2 Å². The highest BCUT2D eigenvalue weighted by molar-refractivity contribution is 5.14. The second-order valence-corrected chi connectivity index (χ2v) is 7.02. The third kappa shape index (κ3) is 4.55. The van der Waals surface area contributed by atoms with Crippen molar-refractivity contribution < 1.29 is 0 Å². The molecule has 0 saturated carbocycles. The highest BCUT2D eigenvalue weighted by Crippen LogP contribution is 2.33. The molecule has 0 radical (unpaired) electrons. The van der Waals surface area contributed by atoms with Gasteiger partial charge in [-0.2, -0.15) is 0 Å². The van der Waals surface area contributed by atoms with Crippen molar-refractivity contribution in [2.24, 2.45) is 17.8 Å². The summed E-state index contributed by atoms with van der Waals surface area (Å²) >= 11 is 0. The fourth-order valence-corrected chi connectivity index (χ4v) is 3.84. The number of likely N-dealkylation sites (tertiary alicyclic amines) is 1. The fraction of sp³-hybridized carbons (Fsp3) is 0.524. The van der Waals surface area contributed by atoms with Crippen LogP contribution in [0.15, 0.2) is 55.1 Å². The average molecular weight is 310 g/mol. The maximum absolute atomic E-state index is 3.87. The van der Waals surface area contributed by atoms with Crippen molar-refractivity contribution in [1.29, 1.82) is 0 Å². The Morgan fingerprint density at radius 2 is 1.87 bits per heavy atom. The smallest absolute Gasteiger partial charge is 0.0233 e. The van der Waals surface area contributed by atoms with Crippen molar-refractivity contribution in [3.63, 3.8) is 0 Å². The van der Waals surface area contributed by atoms with E-state index in [1.165, 1.54) is 44.5 Å². The lowest BCUT2D eigenvalue weighted by Gasteiger charge is -2.27. The van der Waals surface area contributed by atoms with E-state index in [4.69, 9.17) is 0 Å². The van der Waals surface area contributed by atoms with Gasteiger partial charge >= 0.3 is 0 Å². The van der Waals surface area contributed by atoms with Crippen LogP contribution in [0.2, 0.25) is 0 Å². The molecule has 3 aliphatic rings. The number of nitrogens with zero attached hydrogens (tertiary/aromatic N) is 1. The molecule has 23 heavy (non-hydrogen) atoms. The van der Waals surface area contributed by atoms with Gasteiger partial charge in [-0.25, -0.2) is 0 Å². The van der Waals surface area contributed by atoms with Crippen molar-refractivity contribution >= 4 is 0 Å². The summed E-state index contributed by atoms with van der Waals surface area (Å²) in [6.45, 7) is 9.91. The minimum absolute atomic E-state index is 0.713. The first-order valence-corrected chi connectivity index (χ1v) is 9.13. The summed E-state index contributed by atoms with van der Waals surface area (Å²) < 4.78 is 0. The summed E-state index contributed by atoms with van der Waals surface area (Å²) in [7, 11) is 0. The molecule has 1 aromatic carbocycles. The number of allylic oxidation sites excluding steroid dienone is 2. The predicted octanol–water partition coefficient (Wildman–Crippen LogP) is 3.87. The molecular formula is C21H30N2. The van der Waals surface area contributed by atoms with Crippen LogP contribution in [-0.4, -0.2) is 31.1 Å². The summed E-state index contributed by atoms with van der Waals surface area (Å²) in [5.41, 5.74) is 1.44. The molecule has 2 fully saturated rings. The number of rotatable bonds is 4. The zero-order valence-corrected chi connectivity index (χ0v) is 14.2. The largest absolute Gasteiger partial charge is 0.316 e. The Balaban J connectivity index is 0.000000136. The lowest BCUT2D eigenvalue weighted by Crippen LogP contribution is -2.23. The Bertz CT molecular complexity index is 502. The maximum Gasteiger partial charge on any atom is 0.0233 e. The van der Waals surface area contributed by atoms with E-state index in [2.05, 4.69) is 65.4 Å². The molecule has 3 unspecified atom stereocenters. The molecule has 1 aliphatic carbocycles. The van der Waals surface area contributed by atoms with Gasteiger partial charge in [-0.1, -0.05) is 48.6 Å². The van der Waals surface area contributed by atoms with Crippen LogP contribution in [0.5, 0.6) is 0 Å². The van der Waals surface area contributed by atoms with E-state index < -0.39 is 0 Å². The van der Waals surface area contributed by atoms with Gasteiger partial charge < -0.3 is 5.32 Å². The molecule has 0 aromatic heterocycles. The van der Waals surface area contributed by atoms with E-state index >= 15 is 0 Å². The molecule has 124 valence electrons. The van der Waals surface area contributed by atoms with Crippen molar-refractivity contribution in [2.45, 2.75) is 25.8 Å². The molecule has 0 amide bonds. The van der Waals surface area contributed by atoms with E-state index in [1.54, 1.807) is 0 Å². The van der Waals surface area contributed by atoms with E-state index in [-0.39, 0.29) is 0 Å². The topological polar surface area (TPSA) is 15.3 Å². The van der Waals surface area contributed by atoms with E-state index in [0.29, 0.717) is 5.92 Å². The van der Waals surface area contributed by atoms with Gasteiger partial charge in [0, 0.05) is 13.1 Å². The van der Waals surface area contributed by atoms with E-state index in [1.807, 2.05) is 0 Å². The lowest BCUT2D eigenvalue weighted by molar-refractivity contribution is 0.331. The molecule has 2 saturated heterocycles. The quantitative estimate of drug-likeness (QED) is 0.849. The van der Waals surface area contributed by atoms with Crippen molar-refractivity contribution in [3.05, 3.63) is 60.7 Å². The van der Waals surface area contributed by atoms with Crippen LogP contribution in [0.1, 0.15) is 24.8 Å². The second kappa shape index (κ2) is 8.47. The van der Waals surface area contributed by atoms with Gasteiger partial charge in [-0.3, -0.25) is 4.90 Å². The summed E-state index contributed by atoms with van der Waals surface area (Å²) in [6, 6.07) is 10.7. The van der Waals surface area contributed by atoms with Gasteiger partial charge in [0.05, 0.1) is 0 Å². The van der Waals surface area contributed by atoms with Gasteiger partial charge in [0.1, 0.15) is 0 Å². The zero-order valence-electron chi connectivity index (χ0n) is 14.2. The van der Waals surface area contributed by atoms with Gasteiger partial charge in [0.2, 0.25) is 0 Å². The lowest BCUT2D eigenvalue weighted by atomic mass is 9.77. The molecule has 2 nitrogen and oxygen atoms in total. The minimum atomic E-state index is 0.713. The number of benzene rings is 1. The monoisotopic (exact) mass is 310 g/mol. The first-order valence-electron chi connectivity index (χ1n) is 9.13. The van der Waals surface area contributed by atoms with Crippen LogP contribution in [0.3, 0.4) is 0 Å². The first kappa shape index (κ1) is 16.5. The summed E-state index contributed by atoms with van der Waals surface area (Å²) in [6.07, 6.45) is 10.8. The fourth-order valence-electron chi connectivity index (χ4n) is 3.84. The maximum atomic E-state index is 3.87. The Labute approximate surface area is 141 Å². The number of hydrogen-bond acceptors (Lipinski definition) is 2. The minimum Gasteiger partial charge on any atom is -0.316 e. The Kier molecular flexibility index (Phi) is 6.06. The van der Waals surface area contributed by atoms with Crippen LogP contribution in [0.25, 0.3) is 0 Å². The summed E-state index contributed by atoms with van der Waals surface area (Å²) in [4.78, 5) is 2.52. The Morgan fingerprint density at radius 3 is 2.48 bits per heavy atom. The van der Waals surface area contributed by atoms with Crippen LogP contribution in [0, 0.1) is 17.8 Å². The molecule has 0 spiro atoms. The van der Waals surface area contributed by atoms with Gasteiger partial charge in [-0.15, -0.1) is 6.58 Å². The molecule has 1 N–H and O–H groups in total. The standard InChI is InChI=1S/C11H15N.C10H15N/c1-2-6-11(7-3-1)10-12-8-4-5-9-12;1-2-8-6-11-7-10(8)9-4-3-5-9/h1-3,6-7H,4-5,8-10H2;2-4,8-11H,1,5-7H2. The first-order chi connectivity index (χ1) is 11.4. The van der Waals surface area contributed by atoms with E-state index in [9.17, 15) is 0 Å². The van der Waals surface area contributed by atoms with Crippen LogP contribution >= 0.6 is 0 Å². The molecule has 4 rings (SSSR count). The number of hydrogen-bond donors (Lipinski definition) is 1. The van der Waals surface area contributed by atoms with Gasteiger partial charge in [0.15, 0.2) is 0 Å². The van der Waals surface area contributed by atoms with E-state index in [0.717, 1.165) is 24.9 Å². The Morgan fingerprint density at radius 1 is 1.13 bits per heavy atom. The molecule has 2 aliphatic heterocycles. The predicted molar refractivity (Wildman–Crippen MR) is 98.2 cm³/mol. The zero-order chi connectivity index (χ0) is 15.9. The van der Waals surface area contributed by atoms with Crippen LogP contribution in [0.4, 0.5) is 0 Å². The van der Waals surface area contributed by atoms with Gasteiger partial charge in [0.25, 0.3) is 0 Å². The highest BCUT2D eigenvalue weighted by atomic mass is 15.1. The SMILES string of the molecule is C=CC1CNCC1C1C=CC1.c1ccc(CN2CCCC2)cc1. The molecule has 1 aromatic rings. The molecular weight excluding hydrogens is 280 g/mol. The summed E-state index contributed by atoms with van der Waals surface area (Å²) in [5.74, 6) is 2.38. The van der Waals surface area contributed by atoms with Crippen molar-refractivity contribution in [3.8, 4) is 0 Å². The third-order valence-corrected chi connectivity index (χ3v) is 5.40. The third-order valence-electron chi connectivity index (χ3n) is 5.40. The molecule has 0 bridgehead atoms. The van der Waals surface area contributed by atoms with Gasteiger partial charge in [-0.05, 0) is 62.2 Å².